The summed E-state index contributed by atoms with van der Waals surface area (Å²) >= 11 is 13.3. The highest BCUT2D eigenvalue weighted by Gasteiger charge is 2.33. The van der Waals surface area contributed by atoms with Crippen molar-refractivity contribution in [1.82, 2.24) is 4.98 Å². The lowest BCUT2D eigenvalue weighted by molar-refractivity contribution is 0.724. The molecule has 1 aliphatic rings. The largest absolute Gasteiger partial charge is 0.351 e. The Hall–Kier alpha value is 0.01000. The van der Waals surface area contributed by atoms with Crippen molar-refractivity contribution >= 4 is 39.7 Å². The first-order valence-electron chi connectivity index (χ1n) is 5.04. The minimum Gasteiger partial charge on any atom is -0.351 e. The lowest BCUT2D eigenvalue weighted by Gasteiger charge is -2.14. The Kier molecular flexibility index (Phi) is 3.43. The summed E-state index contributed by atoms with van der Waals surface area (Å²) in [5.74, 6) is 2.15. The van der Waals surface area contributed by atoms with Crippen LogP contribution in [0.15, 0.2) is 0 Å². The SMILES string of the molecule is CC1CC1CN(C)c1nc(Cl)c(CCl)s1. The molecule has 0 radical (unpaired) electrons. The molecule has 0 saturated heterocycles. The number of rotatable bonds is 4. The molecule has 2 atom stereocenters. The van der Waals surface area contributed by atoms with E-state index in [0.29, 0.717) is 11.0 Å². The average Bonchev–Trinajstić information content (AvgIpc) is 2.75. The number of halogens is 2. The summed E-state index contributed by atoms with van der Waals surface area (Å²) in [5, 5.41) is 1.54. The van der Waals surface area contributed by atoms with Gasteiger partial charge in [-0.3, -0.25) is 0 Å². The molecular formula is C10H14Cl2N2S. The van der Waals surface area contributed by atoms with Crippen molar-refractivity contribution in [3.05, 3.63) is 10.0 Å². The molecular weight excluding hydrogens is 251 g/mol. The molecule has 0 amide bonds. The first kappa shape index (κ1) is 11.5. The number of hydrogen-bond donors (Lipinski definition) is 0. The van der Waals surface area contributed by atoms with E-state index >= 15 is 0 Å². The molecule has 1 aromatic heterocycles. The Labute approximate surface area is 104 Å². The van der Waals surface area contributed by atoms with Crippen LogP contribution >= 0.6 is 34.5 Å². The number of thiazole rings is 1. The fourth-order valence-corrected chi connectivity index (χ4v) is 3.09. The van der Waals surface area contributed by atoms with Crippen LogP contribution in [0.25, 0.3) is 0 Å². The van der Waals surface area contributed by atoms with Gasteiger partial charge in [0, 0.05) is 13.6 Å². The van der Waals surface area contributed by atoms with Crippen LogP contribution in [-0.4, -0.2) is 18.6 Å². The van der Waals surface area contributed by atoms with Gasteiger partial charge < -0.3 is 4.90 Å². The average molecular weight is 265 g/mol. The van der Waals surface area contributed by atoms with Crippen LogP contribution in [0.5, 0.6) is 0 Å². The number of hydrogen-bond acceptors (Lipinski definition) is 3. The molecule has 15 heavy (non-hydrogen) atoms. The zero-order valence-electron chi connectivity index (χ0n) is 8.83. The Morgan fingerprint density at radius 3 is 2.73 bits per heavy atom. The Balaban J connectivity index is 2.01. The second-order valence-electron chi connectivity index (χ2n) is 4.20. The van der Waals surface area contributed by atoms with Gasteiger partial charge in [0.1, 0.15) is 5.15 Å². The maximum Gasteiger partial charge on any atom is 0.186 e. The molecule has 0 aromatic carbocycles. The smallest absolute Gasteiger partial charge is 0.186 e. The van der Waals surface area contributed by atoms with Gasteiger partial charge in [0.25, 0.3) is 0 Å². The lowest BCUT2D eigenvalue weighted by Crippen LogP contribution is -2.20. The maximum atomic E-state index is 5.96. The fraction of sp³-hybridized carbons (Fsp3) is 0.700. The van der Waals surface area contributed by atoms with Gasteiger partial charge in [0.15, 0.2) is 5.13 Å². The molecule has 2 unspecified atom stereocenters. The predicted molar refractivity (Wildman–Crippen MR) is 67.2 cm³/mol. The Morgan fingerprint density at radius 1 is 1.60 bits per heavy atom. The molecule has 1 aliphatic carbocycles. The molecule has 0 N–H and O–H groups in total. The van der Waals surface area contributed by atoms with Crippen molar-refractivity contribution in [2.45, 2.75) is 19.2 Å². The molecule has 84 valence electrons. The summed E-state index contributed by atoms with van der Waals surface area (Å²) in [6.07, 6.45) is 1.34. The number of anilines is 1. The van der Waals surface area contributed by atoms with Gasteiger partial charge in [-0.25, -0.2) is 4.98 Å². The van der Waals surface area contributed by atoms with Crippen LogP contribution in [0.4, 0.5) is 5.13 Å². The molecule has 1 saturated carbocycles. The molecule has 0 bridgehead atoms. The van der Waals surface area contributed by atoms with Crippen LogP contribution < -0.4 is 4.90 Å². The summed E-state index contributed by atoms with van der Waals surface area (Å²) in [6.45, 7) is 3.37. The van der Waals surface area contributed by atoms with Crippen LogP contribution in [0, 0.1) is 11.8 Å². The van der Waals surface area contributed by atoms with Gasteiger partial charge in [-0.1, -0.05) is 29.9 Å². The topological polar surface area (TPSA) is 16.1 Å². The Bertz CT molecular complexity index is 353. The van der Waals surface area contributed by atoms with E-state index in [1.807, 2.05) is 0 Å². The third kappa shape index (κ3) is 2.58. The molecule has 2 nitrogen and oxygen atoms in total. The fourth-order valence-electron chi connectivity index (χ4n) is 1.65. The highest BCUT2D eigenvalue weighted by Crippen LogP contribution is 2.39. The van der Waals surface area contributed by atoms with E-state index in [2.05, 4.69) is 23.9 Å². The maximum absolute atomic E-state index is 5.96. The molecule has 0 spiro atoms. The summed E-state index contributed by atoms with van der Waals surface area (Å²) in [4.78, 5) is 7.46. The third-order valence-electron chi connectivity index (χ3n) is 2.87. The van der Waals surface area contributed by atoms with Gasteiger partial charge in [0.2, 0.25) is 0 Å². The molecule has 5 heteroatoms. The van der Waals surface area contributed by atoms with Gasteiger partial charge in [0.05, 0.1) is 10.8 Å². The zero-order chi connectivity index (χ0) is 11.0. The van der Waals surface area contributed by atoms with E-state index in [4.69, 9.17) is 23.2 Å². The minimum atomic E-state index is 0.449. The third-order valence-corrected chi connectivity index (χ3v) is 4.89. The van der Waals surface area contributed by atoms with E-state index in [-0.39, 0.29) is 0 Å². The van der Waals surface area contributed by atoms with Crippen molar-refractivity contribution in [2.24, 2.45) is 11.8 Å². The van der Waals surface area contributed by atoms with Crippen molar-refractivity contribution in [3.63, 3.8) is 0 Å². The second kappa shape index (κ2) is 4.48. The predicted octanol–water partition coefficient (Wildman–Crippen LogP) is 3.63. The van der Waals surface area contributed by atoms with E-state index in [1.165, 1.54) is 6.42 Å². The quantitative estimate of drug-likeness (QED) is 0.773. The van der Waals surface area contributed by atoms with Crippen molar-refractivity contribution in [2.75, 3.05) is 18.5 Å². The van der Waals surface area contributed by atoms with Gasteiger partial charge in [-0.15, -0.1) is 11.6 Å². The molecule has 1 fully saturated rings. The zero-order valence-corrected chi connectivity index (χ0v) is 11.2. The summed E-state index contributed by atoms with van der Waals surface area (Å²) in [5.41, 5.74) is 0. The normalized spacial score (nSPS) is 24.3. The van der Waals surface area contributed by atoms with Crippen molar-refractivity contribution in [1.29, 1.82) is 0 Å². The summed E-state index contributed by atoms with van der Waals surface area (Å²) in [6, 6.07) is 0. The molecule has 1 heterocycles. The highest BCUT2D eigenvalue weighted by molar-refractivity contribution is 7.16. The van der Waals surface area contributed by atoms with Crippen molar-refractivity contribution in [3.8, 4) is 0 Å². The molecule has 2 rings (SSSR count). The monoisotopic (exact) mass is 264 g/mol. The van der Waals surface area contributed by atoms with Crippen molar-refractivity contribution < 1.29 is 0 Å². The van der Waals surface area contributed by atoms with Gasteiger partial charge in [-0.2, -0.15) is 0 Å². The highest BCUT2D eigenvalue weighted by atomic mass is 35.5. The van der Waals surface area contributed by atoms with E-state index in [9.17, 15) is 0 Å². The Morgan fingerprint density at radius 2 is 2.27 bits per heavy atom. The van der Waals surface area contributed by atoms with Crippen LogP contribution in [0.2, 0.25) is 5.15 Å². The minimum absolute atomic E-state index is 0.449. The lowest BCUT2D eigenvalue weighted by atomic mass is 10.3. The first-order chi connectivity index (χ1) is 7.11. The van der Waals surface area contributed by atoms with Gasteiger partial charge in [-0.05, 0) is 18.3 Å². The van der Waals surface area contributed by atoms with E-state index in [1.54, 1.807) is 11.3 Å². The van der Waals surface area contributed by atoms with Crippen LogP contribution in [-0.2, 0) is 5.88 Å². The number of nitrogens with zero attached hydrogens (tertiary/aromatic N) is 2. The van der Waals surface area contributed by atoms with Gasteiger partial charge >= 0.3 is 0 Å². The molecule has 0 aliphatic heterocycles. The summed E-state index contributed by atoms with van der Waals surface area (Å²) < 4.78 is 0. The van der Waals surface area contributed by atoms with Crippen LogP contribution in [0.1, 0.15) is 18.2 Å². The summed E-state index contributed by atoms with van der Waals surface area (Å²) in [7, 11) is 2.07. The number of aromatic nitrogens is 1. The van der Waals surface area contributed by atoms with E-state index in [0.717, 1.165) is 28.4 Å². The standard InChI is InChI=1S/C10H14Cl2N2S/c1-6-3-7(6)5-14(2)10-13-9(12)8(4-11)15-10/h6-7H,3-5H2,1-2H3. The van der Waals surface area contributed by atoms with E-state index < -0.39 is 0 Å². The first-order valence-corrected chi connectivity index (χ1v) is 6.77. The second-order valence-corrected chi connectivity index (χ2v) is 5.88. The van der Waals surface area contributed by atoms with Crippen LogP contribution in [0.3, 0.4) is 0 Å². The molecule has 1 aromatic rings. The number of alkyl halides is 1.